The van der Waals surface area contributed by atoms with E-state index >= 15 is 0 Å². The third-order valence-electron chi connectivity index (χ3n) is 7.02. The summed E-state index contributed by atoms with van der Waals surface area (Å²) in [6, 6.07) is 8.25. The summed E-state index contributed by atoms with van der Waals surface area (Å²) in [4.78, 5) is 9.10. The monoisotopic (exact) mass is 473 g/mol. The van der Waals surface area contributed by atoms with Gasteiger partial charge in [0.1, 0.15) is 5.02 Å². The SMILES string of the molecule is CCCCCC1CCOCC[C@@](CCNCc2cnc(OC)c(Cl)c2)(c2ccccn2)CC1. The number of unbranched alkanes of at least 4 members (excludes halogenated alkanes) is 2. The standard InChI is InChI=1S/C27H40ClN3O2/c1-3-4-5-8-22-10-12-27(14-18-33-17-11-22,25-9-6-7-15-30-25)13-16-29-20-23-19-24(28)26(32-2)31-21-23/h6-7,9,15,19,21-22,29H,3-5,8,10-14,16-18,20H2,1-2H3/t22?,27-/m1/s1. The van der Waals surface area contributed by atoms with E-state index in [1.807, 2.05) is 24.5 Å². The molecule has 1 aliphatic heterocycles. The minimum atomic E-state index is 0.0391. The number of halogens is 1. The number of aromatic nitrogens is 2. The van der Waals surface area contributed by atoms with Crippen LogP contribution in [0.4, 0.5) is 0 Å². The second-order valence-electron chi connectivity index (χ2n) is 9.31. The highest BCUT2D eigenvalue weighted by Gasteiger charge is 2.34. The fraction of sp³-hybridized carbons (Fsp3) is 0.630. The van der Waals surface area contributed by atoms with E-state index in [1.165, 1.54) is 50.6 Å². The van der Waals surface area contributed by atoms with E-state index in [0.29, 0.717) is 10.9 Å². The average molecular weight is 474 g/mol. The predicted octanol–water partition coefficient (Wildman–Crippen LogP) is 6.34. The molecule has 1 aliphatic rings. The zero-order valence-electron chi connectivity index (χ0n) is 20.3. The van der Waals surface area contributed by atoms with Crippen molar-refractivity contribution in [1.29, 1.82) is 0 Å². The van der Waals surface area contributed by atoms with Gasteiger partial charge in [-0.25, -0.2) is 4.98 Å². The molecular weight excluding hydrogens is 434 g/mol. The highest BCUT2D eigenvalue weighted by Crippen LogP contribution is 2.38. The number of nitrogens with one attached hydrogen (secondary N) is 1. The van der Waals surface area contributed by atoms with E-state index in [4.69, 9.17) is 26.1 Å². The van der Waals surface area contributed by atoms with Crippen LogP contribution in [-0.4, -0.2) is 36.8 Å². The van der Waals surface area contributed by atoms with Crippen LogP contribution in [0.1, 0.15) is 76.0 Å². The fourth-order valence-corrected chi connectivity index (χ4v) is 5.19. The van der Waals surface area contributed by atoms with Crippen molar-refractivity contribution in [2.24, 2.45) is 5.92 Å². The van der Waals surface area contributed by atoms with Gasteiger partial charge >= 0.3 is 0 Å². The van der Waals surface area contributed by atoms with Crippen molar-refractivity contribution in [1.82, 2.24) is 15.3 Å². The summed E-state index contributed by atoms with van der Waals surface area (Å²) in [5.41, 5.74) is 2.30. The second kappa shape index (κ2) is 13.9. The first kappa shape index (κ1) is 25.9. The van der Waals surface area contributed by atoms with Crippen molar-refractivity contribution in [3.8, 4) is 5.88 Å². The van der Waals surface area contributed by atoms with Crippen LogP contribution in [0.25, 0.3) is 0 Å². The molecule has 0 saturated carbocycles. The van der Waals surface area contributed by atoms with Crippen LogP contribution in [0.2, 0.25) is 5.02 Å². The van der Waals surface area contributed by atoms with Gasteiger partial charge in [-0.05, 0) is 68.3 Å². The lowest BCUT2D eigenvalue weighted by atomic mass is 9.72. The molecule has 0 aliphatic carbocycles. The van der Waals surface area contributed by atoms with Gasteiger partial charge in [-0.15, -0.1) is 0 Å². The molecule has 33 heavy (non-hydrogen) atoms. The maximum atomic E-state index is 6.24. The van der Waals surface area contributed by atoms with E-state index in [9.17, 15) is 0 Å². The average Bonchev–Trinajstić information content (AvgIpc) is 2.94. The number of methoxy groups -OCH3 is 1. The zero-order valence-corrected chi connectivity index (χ0v) is 21.1. The molecule has 182 valence electrons. The van der Waals surface area contributed by atoms with Gasteiger partial charge in [0.05, 0.1) is 7.11 Å². The highest BCUT2D eigenvalue weighted by atomic mass is 35.5. The van der Waals surface area contributed by atoms with Crippen LogP contribution in [0, 0.1) is 5.92 Å². The summed E-state index contributed by atoms with van der Waals surface area (Å²) in [6.45, 7) is 5.60. The van der Waals surface area contributed by atoms with Gasteiger partial charge in [-0.1, -0.05) is 50.3 Å². The number of ether oxygens (including phenoxy) is 2. The molecule has 0 amide bonds. The lowest BCUT2D eigenvalue weighted by Gasteiger charge is -2.34. The molecule has 0 spiro atoms. The Morgan fingerprint density at radius 2 is 2.09 bits per heavy atom. The first-order chi connectivity index (χ1) is 16.2. The molecule has 2 atom stereocenters. The van der Waals surface area contributed by atoms with Gasteiger partial charge in [0, 0.05) is 43.3 Å². The molecule has 3 heterocycles. The molecular formula is C27H40ClN3O2. The summed E-state index contributed by atoms with van der Waals surface area (Å²) < 4.78 is 11.3. The van der Waals surface area contributed by atoms with Gasteiger partial charge in [0.2, 0.25) is 5.88 Å². The molecule has 1 N–H and O–H groups in total. The van der Waals surface area contributed by atoms with Crippen LogP contribution < -0.4 is 10.1 Å². The van der Waals surface area contributed by atoms with Gasteiger partial charge < -0.3 is 14.8 Å². The molecule has 2 aromatic rings. The summed E-state index contributed by atoms with van der Waals surface area (Å²) in [6.07, 6.45) is 14.7. The minimum absolute atomic E-state index is 0.0391. The third-order valence-corrected chi connectivity index (χ3v) is 7.29. The van der Waals surface area contributed by atoms with Crippen molar-refractivity contribution in [3.05, 3.63) is 52.9 Å². The van der Waals surface area contributed by atoms with Crippen LogP contribution >= 0.6 is 11.6 Å². The van der Waals surface area contributed by atoms with E-state index < -0.39 is 0 Å². The van der Waals surface area contributed by atoms with E-state index in [1.54, 1.807) is 7.11 Å². The summed E-state index contributed by atoms with van der Waals surface area (Å²) >= 11 is 6.24. The van der Waals surface area contributed by atoms with Crippen molar-refractivity contribution >= 4 is 11.6 Å². The van der Waals surface area contributed by atoms with Crippen molar-refractivity contribution in [2.75, 3.05) is 26.9 Å². The summed E-state index contributed by atoms with van der Waals surface area (Å²) in [5, 5.41) is 4.15. The molecule has 0 aromatic carbocycles. The summed E-state index contributed by atoms with van der Waals surface area (Å²) in [7, 11) is 1.58. The maximum Gasteiger partial charge on any atom is 0.232 e. The van der Waals surface area contributed by atoms with Gasteiger partial charge in [-0.2, -0.15) is 0 Å². The van der Waals surface area contributed by atoms with Crippen molar-refractivity contribution in [2.45, 2.75) is 76.7 Å². The number of nitrogens with zero attached hydrogens (tertiary/aromatic N) is 2. The highest BCUT2D eigenvalue weighted by molar-refractivity contribution is 6.31. The number of rotatable bonds is 11. The smallest absolute Gasteiger partial charge is 0.232 e. The van der Waals surface area contributed by atoms with Crippen molar-refractivity contribution in [3.63, 3.8) is 0 Å². The Bertz CT molecular complexity index is 820. The van der Waals surface area contributed by atoms with Crippen LogP contribution in [0.5, 0.6) is 5.88 Å². The molecule has 0 bridgehead atoms. The first-order valence-electron chi connectivity index (χ1n) is 12.6. The van der Waals surface area contributed by atoms with Crippen molar-refractivity contribution < 1.29 is 9.47 Å². The molecule has 2 aromatic heterocycles. The Balaban J connectivity index is 1.65. The predicted molar refractivity (Wildman–Crippen MR) is 135 cm³/mol. The van der Waals surface area contributed by atoms with Crippen LogP contribution in [-0.2, 0) is 16.7 Å². The number of hydrogen-bond donors (Lipinski definition) is 1. The Morgan fingerprint density at radius 1 is 1.18 bits per heavy atom. The quantitative estimate of drug-likeness (QED) is 0.385. The number of pyridine rings is 2. The van der Waals surface area contributed by atoms with Crippen LogP contribution in [0.15, 0.2) is 36.7 Å². The van der Waals surface area contributed by atoms with E-state index in [0.717, 1.165) is 50.6 Å². The molecule has 1 fully saturated rings. The molecule has 1 saturated heterocycles. The molecule has 5 nitrogen and oxygen atoms in total. The summed E-state index contributed by atoms with van der Waals surface area (Å²) in [5.74, 6) is 1.21. The van der Waals surface area contributed by atoms with E-state index in [-0.39, 0.29) is 5.41 Å². The second-order valence-corrected chi connectivity index (χ2v) is 9.72. The Hall–Kier alpha value is -1.69. The maximum absolute atomic E-state index is 6.24. The lowest BCUT2D eigenvalue weighted by molar-refractivity contribution is 0.108. The lowest BCUT2D eigenvalue weighted by Crippen LogP contribution is -2.33. The van der Waals surface area contributed by atoms with Gasteiger partial charge in [0.15, 0.2) is 0 Å². The largest absolute Gasteiger partial charge is 0.480 e. The third kappa shape index (κ3) is 7.94. The Morgan fingerprint density at radius 3 is 2.85 bits per heavy atom. The molecule has 0 radical (unpaired) electrons. The molecule has 6 heteroatoms. The van der Waals surface area contributed by atoms with Gasteiger partial charge in [0.25, 0.3) is 0 Å². The molecule has 1 unspecified atom stereocenters. The van der Waals surface area contributed by atoms with Gasteiger partial charge in [-0.3, -0.25) is 4.98 Å². The molecule has 3 rings (SSSR count). The fourth-order valence-electron chi connectivity index (χ4n) is 4.92. The normalized spacial score (nSPS) is 21.7. The Kier molecular flexibility index (Phi) is 10.9. The first-order valence-corrected chi connectivity index (χ1v) is 12.9. The topological polar surface area (TPSA) is 56.3 Å². The number of hydrogen-bond acceptors (Lipinski definition) is 5. The Labute approximate surface area is 204 Å². The van der Waals surface area contributed by atoms with Crippen LogP contribution in [0.3, 0.4) is 0 Å². The zero-order chi connectivity index (χ0) is 23.4. The van der Waals surface area contributed by atoms with E-state index in [2.05, 4.69) is 29.4 Å². The minimum Gasteiger partial charge on any atom is -0.480 e.